The van der Waals surface area contributed by atoms with Gasteiger partial charge in [0, 0.05) is 22.3 Å². The first-order valence-electron chi connectivity index (χ1n) is 7.46. The molecule has 0 amide bonds. The van der Waals surface area contributed by atoms with Gasteiger partial charge in [0.1, 0.15) is 0 Å². The van der Waals surface area contributed by atoms with E-state index in [1.54, 1.807) is 0 Å². The third-order valence-electron chi connectivity index (χ3n) is 3.51. The minimum Gasteiger partial charge on any atom is -0.395 e. The second-order valence-electron chi connectivity index (χ2n) is 6.47. The van der Waals surface area contributed by atoms with Crippen LogP contribution in [-0.2, 0) is 18.4 Å². The van der Waals surface area contributed by atoms with Crippen LogP contribution in [0.15, 0.2) is 42.5 Å². The topological polar surface area (TPSA) is 32.3 Å². The summed E-state index contributed by atoms with van der Waals surface area (Å²) < 4.78 is 0. The molecule has 0 aliphatic rings. The smallest absolute Gasteiger partial charge is 0.0587 e. The Balaban J connectivity index is 1.90. The minimum atomic E-state index is 0.104. The summed E-state index contributed by atoms with van der Waals surface area (Å²) in [6.45, 7) is 7.69. The first-order chi connectivity index (χ1) is 9.99. The highest BCUT2D eigenvalue weighted by molar-refractivity contribution is 7.12. The van der Waals surface area contributed by atoms with E-state index in [2.05, 4.69) is 50.4 Å². The van der Waals surface area contributed by atoms with Gasteiger partial charge in [0.05, 0.1) is 6.61 Å². The Kier molecular flexibility index (Phi) is 5.57. The normalized spacial score (nSPS) is 13.3. The number of hydrogen-bond acceptors (Lipinski definition) is 3. The van der Waals surface area contributed by atoms with Crippen molar-refractivity contribution < 1.29 is 5.11 Å². The first-order valence-corrected chi connectivity index (χ1v) is 8.28. The summed E-state index contributed by atoms with van der Waals surface area (Å²) in [7, 11) is 0. The van der Waals surface area contributed by atoms with Crippen molar-refractivity contribution in [2.75, 3.05) is 6.61 Å². The lowest BCUT2D eigenvalue weighted by atomic mass is 9.95. The summed E-state index contributed by atoms with van der Waals surface area (Å²) in [4.78, 5) is 2.73. The monoisotopic (exact) mass is 303 g/mol. The van der Waals surface area contributed by atoms with E-state index in [-0.39, 0.29) is 18.1 Å². The van der Waals surface area contributed by atoms with E-state index in [1.165, 1.54) is 15.3 Å². The van der Waals surface area contributed by atoms with Crippen molar-refractivity contribution in [2.24, 2.45) is 0 Å². The predicted octanol–water partition coefficient (Wildman–Crippen LogP) is 3.74. The summed E-state index contributed by atoms with van der Waals surface area (Å²) in [5.41, 5.74) is 1.47. The zero-order valence-corrected chi connectivity index (χ0v) is 13.9. The van der Waals surface area contributed by atoms with Crippen molar-refractivity contribution in [1.82, 2.24) is 5.32 Å². The third kappa shape index (κ3) is 4.95. The molecule has 0 fully saturated rings. The Morgan fingerprint density at radius 1 is 1.10 bits per heavy atom. The highest BCUT2D eigenvalue weighted by Gasteiger charge is 2.16. The van der Waals surface area contributed by atoms with Gasteiger partial charge in [0.15, 0.2) is 0 Å². The van der Waals surface area contributed by atoms with Crippen LogP contribution in [-0.4, -0.2) is 17.8 Å². The molecule has 2 rings (SSSR count). The predicted molar refractivity (Wildman–Crippen MR) is 90.9 cm³/mol. The van der Waals surface area contributed by atoms with E-state index < -0.39 is 0 Å². The SMILES string of the molecule is CC(C)(C)c1ccc(CN[C@@H](CO)Cc2ccccc2)s1. The molecule has 0 radical (unpaired) electrons. The molecule has 1 aromatic heterocycles. The van der Waals surface area contributed by atoms with Crippen LogP contribution in [0, 0.1) is 0 Å². The molecule has 0 aliphatic heterocycles. The van der Waals surface area contributed by atoms with Crippen LogP contribution in [0.25, 0.3) is 0 Å². The van der Waals surface area contributed by atoms with Gasteiger partial charge >= 0.3 is 0 Å². The van der Waals surface area contributed by atoms with Gasteiger partial charge in [-0.2, -0.15) is 0 Å². The molecule has 21 heavy (non-hydrogen) atoms. The molecule has 2 N–H and O–H groups in total. The van der Waals surface area contributed by atoms with Gasteiger partial charge in [-0.3, -0.25) is 0 Å². The zero-order valence-electron chi connectivity index (χ0n) is 13.1. The molecule has 1 heterocycles. The van der Waals surface area contributed by atoms with E-state index in [9.17, 15) is 5.11 Å². The molecular weight excluding hydrogens is 278 g/mol. The second kappa shape index (κ2) is 7.21. The van der Waals surface area contributed by atoms with Gasteiger partial charge in [-0.15, -0.1) is 11.3 Å². The lowest BCUT2D eigenvalue weighted by Crippen LogP contribution is -2.33. The van der Waals surface area contributed by atoms with Gasteiger partial charge in [-0.05, 0) is 29.5 Å². The number of benzene rings is 1. The van der Waals surface area contributed by atoms with Crippen LogP contribution >= 0.6 is 11.3 Å². The van der Waals surface area contributed by atoms with Gasteiger partial charge in [-0.1, -0.05) is 51.1 Å². The Hall–Kier alpha value is -1.16. The largest absolute Gasteiger partial charge is 0.395 e. The van der Waals surface area contributed by atoms with Gasteiger partial charge in [0.25, 0.3) is 0 Å². The average Bonchev–Trinajstić information content (AvgIpc) is 2.93. The van der Waals surface area contributed by atoms with E-state index in [0.29, 0.717) is 0 Å². The maximum absolute atomic E-state index is 9.54. The zero-order chi connectivity index (χ0) is 15.3. The van der Waals surface area contributed by atoms with Crippen LogP contribution in [0.4, 0.5) is 0 Å². The molecule has 0 saturated heterocycles. The molecule has 2 aromatic rings. The van der Waals surface area contributed by atoms with Crippen molar-refractivity contribution >= 4 is 11.3 Å². The van der Waals surface area contributed by atoms with Crippen LogP contribution in [0.3, 0.4) is 0 Å². The molecular formula is C18H25NOS. The van der Waals surface area contributed by atoms with E-state index >= 15 is 0 Å². The molecule has 0 aliphatic carbocycles. The molecule has 1 atom stereocenters. The van der Waals surface area contributed by atoms with Crippen molar-refractivity contribution in [1.29, 1.82) is 0 Å². The molecule has 0 bridgehead atoms. The van der Waals surface area contributed by atoms with Crippen molar-refractivity contribution in [3.8, 4) is 0 Å². The molecule has 0 saturated carbocycles. The summed E-state index contributed by atoms with van der Waals surface area (Å²) in [6, 6.07) is 14.8. The number of hydrogen-bond donors (Lipinski definition) is 2. The van der Waals surface area contributed by atoms with E-state index in [1.807, 2.05) is 29.5 Å². The van der Waals surface area contributed by atoms with Crippen LogP contribution < -0.4 is 5.32 Å². The lowest BCUT2D eigenvalue weighted by Gasteiger charge is -2.17. The molecule has 2 nitrogen and oxygen atoms in total. The fourth-order valence-corrected chi connectivity index (χ4v) is 3.24. The van der Waals surface area contributed by atoms with Crippen molar-refractivity contribution in [2.45, 2.75) is 45.2 Å². The number of aliphatic hydroxyl groups is 1. The number of rotatable bonds is 6. The molecule has 0 unspecified atom stereocenters. The summed E-state index contributed by atoms with van der Waals surface area (Å²) >= 11 is 1.85. The Morgan fingerprint density at radius 3 is 2.38 bits per heavy atom. The van der Waals surface area contributed by atoms with E-state index in [4.69, 9.17) is 0 Å². The highest BCUT2D eigenvalue weighted by atomic mass is 32.1. The Labute approximate surface area is 131 Å². The number of nitrogens with one attached hydrogen (secondary N) is 1. The third-order valence-corrected chi connectivity index (χ3v) is 5.02. The standard InChI is InChI=1S/C18H25NOS/c1-18(2,3)17-10-9-16(21-17)12-19-15(13-20)11-14-7-5-4-6-8-14/h4-10,15,19-20H,11-13H2,1-3H3/t15-/m1/s1. The number of thiophene rings is 1. The van der Waals surface area contributed by atoms with Crippen LogP contribution in [0.1, 0.15) is 36.1 Å². The van der Waals surface area contributed by atoms with Gasteiger partial charge in [0.2, 0.25) is 0 Å². The number of aliphatic hydroxyl groups excluding tert-OH is 1. The fourth-order valence-electron chi connectivity index (χ4n) is 2.22. The maximum Gasteiger partial charge on any atom is 0.0587 e. The van der Waals surface area contributed by atoms with E-state index in [0.717, 1.165) is 13.0 Å². The minimum absolute atomic E-state index is 0.104. The quantitative estimate of drug-likeness (QED) is 0.852. The lowest BCUT2D eigenvalue weighted by molar-refractivity contribution is 0.241. The Morgan fingerprint density at radius 2 is 1.81 bits per heavy atom. The van der Waals surface area contributed by atoms with Crippen molar-refractivity contribution in [3.63, 3.8) is 0 Å². The average molecular weight is 303 g/mol. The maximum atomic E-state index is 9.54. The molecule has 0 spiro atoms. The van der Waals surface area contributed by atoms with Gasteiger partial charge < -0.3 is 10.4 Å². The Bertz CT molecular complexity index is 542. The molecule has 1 aromatic carbocycles. The van der Waals surface area contributed by atoms with Crippen molar-refractivity contribution in [3.05, 3.63) is 57.8 Å². The van der Waals surface area contributed by atoms with Crippen LogP contribution in [0.2, 0.25) is 0 Å². The fraction of sp³-hybridized carbons (Fsp3) is 0.444. The second-order valence-corrected chi connectivity index (χ2v) is 7.63. The van der Waals surface area contributed by atoms with Crippen LogP contribution in [0.5, 0.6) is 0 Å². The highest BCUT2D eigenvalue weighted by Crippen LogP contribution is 2.29. The summed E-state index contributed by atoms with van der Waals surface area (Å²) in [6.07, 6.45) is 0.856. The summed E-state index contributed by atoms with van der Waals surface area (Å²) in [5, 5.41) is 13.0. The molecule has 114 valence electrons. The summed E-state index contributed by atoms with van der Waals surface area (Å²) in [5.74, 6) is 0. The first kappa shape index (κ1) is 16.2. The molecule has 3 heteroatoms. The van der Waals surface area contributed by atoms with Gasteiger partial charge in [-0.25, -0.2) is 0 Å².